The molecule has 80 valence electrons. The third-order valence-corrected chi connectivity index (χ3v) is 4.18. The molecule has 0 aromatic heterocycles. The Morgan fingerprint density at radius 2 is 1.93 bits per heavy atom. The second kappa shape index (κ2) is 3.82. The Labute approximate surface area is 86.8 Å². The van der Waals surface area contributed by atoms with Gasteiger partial charge >= 0.3 is 0 Å². The minimum Gasteiger partial charge on any atom is -0.312 e. The van der Waals surface area contributed by atoms with Crippen LogP contribution in [0.3, 0.4) is 0 Å². The Balaban J connectivity index is 1.47. The molecule has 0 spiro atoms. The van der Waals surface area contributed by atoms with Gasteiger partial charge < -0.3 is 10.6 Å². The maximum absolute atomic E-state index is 3.81. The molecule has 3 fully saturated rings. The van der Waals surface area contributed by atoms with E-state index in [0.717, 1.165) is 24.0 Å². The summed E-state index contributed by atoms with van der Waals surface area (Å²) in [5.74, 6) is 1.01. The molecule has 0 aromatic carbocycles. The zero-order valence-electron chi connectivity index (χ0n) is 8.97. The van der Waals surface area contributed by atoms with Crippen LogP contribution in [-0.4, -0.2) is 24.7 Å². The van der Waals surface area contributed by atoms with Crippen LogP contribution in [-0.2, 0) is 0 Å². The standard InChI is InChI=1S/C12H22N2/c1-2-4-12-9(3-1)7-11(14-12)8-13-10-5-6-10/h9-14H,1-8H2. The van der Waals surface area contributed by atoms with Gasteiger partial charge in [-0.25, -0.2) is 0 Å². The molecule has 2 saturated carbocycles. The van der Waals surface area contributed by atoms with Crippen molar-refractivity contribution in [1.29, 1.82) is 0 Å². The van der Waals surface area contributed by atoms with E-state index in [1.807, 2.05) is 0 Å². The maximum atomic E-state index is 3.81. The quantitative estimate of drug-likeness (QED) is 0.714. The lowest BCUT2D eigenvalue weighted by Gasteiger charge is -2.24. The third-order valence-electron chi connectivity index (χ3n) is 4.18. The molecule has 2 nitrogen and oxygen atoms in total. The molecule has 1 aliphatic heterocycles. The Morgan fingerprint density at radius 3 is 2.71 bits per heavy atom. The summed E-state index contributed by atoms with van der Waals surface area (Å²) in [7, 11) is 0. The van der Waals surface area contributed by atoms with E-state index in [1.165, 1.54) is 51.5 Å². The van der Waals surface area contributed by atoms with E-state index < -0.39 is 0 Å². The first kappa shape index (κ1) is 9.17. The average Bonchev–Trinajstić information content (AvgIpc) is 2.94. The molecule has 3 aliphatic rings. The second-order valence-electron chi connectivity index (χ2n) is 5.43. The van der Waals surface area contributed by atoms with E-state index in [1.54, 1.807) is 0 Å². The number of hydrogen-bond donors (Lipinski definition) is 2. The monoisotopic (exact) mass is 194 g/mol. The molecule has 3 unspecified atom stereocenters. The van der Waals surface area contributed by atoms with E-state index in [9.17, 15) is 0 Å². The molecular formula is C12H22N2. The zero-order valence-corrected chi connectivity index (χ0v) is 8.97. The van der Waals surface area contributed by atoms with Gasteiger partial charge in [0.1, 0.15) is 0 Å². The van der Waals surface area contributed by atoms with Crippen molar-refractivity contribution in [1.82, 2.24) is 10.6 Å². The maximum Gasteiger partial charge on any atom is 0.0198 e. The van der Waals surface area contributed by atoms with E-state index in [-0.39, 0.29) is 0 Å². The highest BCUT2D eigenvalue weighted by Gasteiger charge is 2.35. The molecule has 0 aromatic rings. The molecule has 0 radical (unpaired) electrons. The molecule has 1 saturated heterocycles. The van der Waals surface area contributed by atoms with Crippen molar-refractivity contribution in [2.24, 2.45) is 5.92 Å². The van der Waals surface area contributed by atoms with Gasteiger partial charge in [-0.1, -0.05) is 12.8 Å². The van der Waals surface area contributed by atoms with Crippen molar-refractivity contribution in [3.8, 4) is 0 Å². The van der Waals surface area contributed by atoms with Gasteiger partial charge in [-0.15, -0.1) is 0 Å². The Hall–Kier alpha value is -0.0800. The largest absolute Gasteiger partial charge is 0.312 e. The molecule has 3 rings (SSSR count). The fraction of sp³-hybridized carbons (Fsp3) is 1.00. The minimum absolute atomic E-state index is 0.781. The summed E-state index contributed by atoms with van der Waals surface area (Å²) in [5.41, 5.74) is 0. The van der Waals surface area contributed by atoms with Crippen LogP contribution in [0.2, 0.25) is 0 Å². The molecule has 0 amide bonds. The Bertz CT molecular complexity index is 186. The smallest absolute Gasteiger partial charge is 0.0198 e. The first-order valence-electron chi connectivity index (χ1n) is 6.41. The number of fused-ring (bicyclic) bond motifs is 1. The van der Waals surface area contributed by atoms with Gasteiger partial charge in [0.15, 0.2) is 0 Å². The summed E-state index contributed by atoms with van der Waals surface area (Å²) in [4.78, 5) is 0. The highest BCUT2D eigenvalue weighted by Crippen LogP contribution is 2.33. The molecule has 2 heteroatoms. The van der Waals surface area contributed by atoms with Gasteiger partial charge in [0.25, 0.3) is 0 Å². The van der Waals surface area contributed by atoms with Crippen molar-refractivity contribution in [3.63, 3.8) is 0 Å². The van der Waals surface area contributed by atoms with Gasteiger partial charge in [0.2, 0.25) is 0 Å². The van der Waals surface area contributed by atoms with Crippen LogP contribution < -0.4 is 10.6 Å². The lowest BCUT2D eigenvalue weighted by Crippen LogP contribution is -2.39. The van der Waals surface area contributed by atoms with Crippen molar-refractivity contribution in [2.75, 3.05) is 6.54 Å². The first-order chi connectivity index (χ1) is 6.92. The fourth-order valence-electron chi connectivity index (χ4n) is 3.18. The van der Waals surface area contributed by atoms with Gasteiger partial charge in [0, 0.05) is 24.7 Å². The van der Waals surface area contributed by atoms with Gasteiger partial charge in [0.05, 0.1) is 0 Å². The van der Waals surface area contributed by atoms with Crippen LogP contribution in [0, 0.1) is 5.92 Å². The Kier molecular flexibility index (Phi) is 2.50. The lowest BCUT2D eigenvalue weighted by atomic mass is 9.85. The predicted octanol–water partition coefficient (Wildman–Crippen LogP) is 1.66. The Morgan fingerprint density at radius 1 is 1.07 bits per heavy atom. The summed E-state index contributed by atoms with van der Waals surface area (Å²) in [6.07, 6.45) is 10.1. The molecular weight excluding hydrogens is 172 g/mol. The molecule has 14 heavy (non-hydrogen) atoms. The second-order valence-corrected chi connectivity index (χ2v) is 5.43. The molecule has 3 atom stereocenters. The fourth-order valence-corrected chi connectivity index (χ4v) is 3.18. The van der Waals surface area contributed by atoms with Crippen LogP contribution in [0.1, 0.15) is 44.9 Å². The summed E-state index contributed by atoms with van der Waals surface area (Å²) < 4.78 is 0. The van der Waals surface area contributed by atoms with Crippen LogP contribution in [0.4, 0.5) is 0 Å². The summed E-state index contributed by atoms with van der Waals surface area (Å²) >= 11 is 0. The zero-order chi connectivity index (χ0) is 9.38. The highest BCUT2D eigenvalue weighted by atomic mass is 15.1. The minimum atomic E-state index is 0.781. The normalized spacial score (nSPS) is 42.4. The van der Waals surface area contributed by atoms with Crippen LogP contribution >= 0.6 is 0 Å². The van der Waals surface area contributed by atoms with Crippen LogP contribution in [0.25, 0.3) is 0 Å². The highest BCUT2D eigenvalue weighted by molar-refractivity contribution is 4.94. The lowest BCUT2D eigenvalue weighted by molar-refractivity contribution is 0.325. The van der Waals surface area contributed by atoms with Crippen molar-refractivity contribution >= 4 is 0 Å². The third kappa shape index (κ3) is 1.96. The van der Waals surface area contributed by atoms with Gasteiger partial charge in [-0.2, -0.15) is 0 Å². The van der Waals surface area contributed by atoms with Crippen molar-refractivity contribution < 1.29 is 0 Å². The van der Waals surface area contributed by atoms with Crippen molar-refractivity contribution in [2.45, 2.75) is 63.1 Å². The topological polar surface area (TPSA) is 24.1 Å². The van der Waals surface area contributed by atoms with Crippen LogP contribution in [0.5, 0.6) is 0 Å². The van der Waals surface area contributed by atoms with E-state index in [0.29, 0.717) is 0 Å². The van der Waals surface area contributed by atoms with E-state index in [4.69, 9.17) is 0 Å². The van der Waals surface area contributed by atoms with E-state index >= 15 is 0 Å². The molecule has 2 aliphatic carbocycles. The van der Waals surface area contributed by atoms with Gasteiger partial charge in [-0.05, 0) is 38.0 Å². The SMILES string of the molecule is C1CCC2NC(CNC3CC3)CC2C1. The molecule has 1 heterocycles. The van der Waals surface area contributed by atoms with Crippen LogP contribution in [0.15, 0.2) is 0 Å². The number of rotatable bonds is 3. The average molecular weight is 194 g/mol. The number of hydrogen-bond acceptors (Lipinski definition) is 2. The molecule has 0 bridgehead atoms. The number of nitrogens with one attached hydrogen (secondary N) is 2. The van der Waals surface area contributed by atoms with Gasteiger partial charge in [-0.3, -0.25) is 0 Å². The summed E-state index contributed by atoms with van der Waals surface area (Å²) in [6, 6.07) is 2.53. The summed E-state index contributed by atoms with van der Waals surface area (Å²) in [6.45, 7) is 1.22. The predicted molar refractivity (Wildman–Crippen MR) is 58.3 cm³/mol. The summed E-state index contributed by atoms with van der Waals surface area (Å²) in [5, 5.41) is 7.46. The first-order valence-corrected chi connectivity index (χ1v) is 6.41. The van der Waals surface area contributed by atoms with E-state index in [2.05, 4.69) is 10.6 Å². The molecule has 2 N–H and O–H groups in total. The van der Waals surface area contributed by atoms with Crippen molar-refractivity contribution in [3.05, 3.63) is 0 Å².